The topological polar surface area (TPSA) is 23.8 Å². The third kappa shape index (κ3) is 2.43. The number of hydrogen-bond acceptors (Lipinski definition) is 1. The summed E-state index contributed by atoms with van der Waals surface area (Å²) in [5.41, 5.74) is -1.71. The lowest BCUT2D eigenvalue weighted by Crippen LogP contribution is -2.11. The quantitative estimate of drug-likeness (QED) is 0.702. The molecule has 0 unspecified atom stereocenters. The Hall–Kier alpha value is -2.35. The van der Waals surface area contributed by atoms with Crippen LogP contribution in [0.2, 0.25) is 0 Å². The van der Waals surface area contributed by atoms with Crippen molar-refractivity contribution in [2.75, 3.05) is 0 Å². The molecule has 0 fully saturated rings. The SMILES string of the molecule is N#Cc1c(-c2ccccc2)ccc(F)c1C(F)(F)F. The maximum absolute atomic E-state index is 13.4. The summed E-state index contributed by atoms with van der Waals surface area (Å²) in [6, 6.07) is 11.4. The lowest BCUT2D eigenvalue weighted by Gasteiger charge is -2.13. The molecule has 19 heavy (non-hydrogen) atoms. The molecule has 0 radical (unpaired) electrons. The van der Waals surface area contributed by atoms with E-state index in [1.807, 2.05) is 0 Å². The van der Waals surface area contributed by atoms with Gasteiger partial charge in [-0.3, -0.25) is 0 Å². The summed E-state index contributed by atoms with van der Waals surface area (Å²) < 4.78 is 51.8. The zero-order chi connectivity index (χ0) is 14.0. The Balaban J connectivity index is 2.76. The molecule has 0 aliphatic heterocycles. The Labute approximate surface area is 106 Å². The van der Waals surface area contributed by atoms with Crippen molar-refractivity contribution in [2.24, 2.45) is 0 Å². The number of halogens is 4. The highest BCUT2D eigenvalue weighted by atomic mass is 19.4. The van der Waals surface area contributed by atoms with Gasteiger partial charge in [0, 0.05) is 5.56 Å². The molecule has 0 bridgehead atoms. The third-order valence-corrected chi connectivity index (χ3v) is 2.63. The van der Waals surface area contributed by atoms with E-state index in [1.165, 1.54) is 12.1 Å². The standard InChI is InChI=1S/C14H7F4N/c15-12-7-6-10(9-4-2-1-3-5-9)11(8-19)13(12)14(16,17)18/h1-7H. The van der Waals surface area contributed by atoms with Crippen molar-refractivity contribution in [3.8, 4) is 17.2 Å². The van der Waals surface area contributed by atoms with Crippen LogP contribution < -0.4 is 0 Å². The van der Waals surface area contributed by atoms with E-state index in [4.69, 9.17) is 5.26 Å². The predicted molar refractivity (Wildman–Crippen MR) is 61.6 cm³/mol. The van der Waals surface area contributed by atoms with Crippen LogP contribution in [-0.2, 0) is 6.18 Å². The summed E-state index contributed by atoms with van der Waals surface area (Å²) in [5, 5.41) is 8.93. The van der Waals surface area contributed by atoms with Gasteiger partial charge in [0.2, 0.25) is 0 Å². The fraction of sp³-hybridized carbons (Fsp3) is 0.0714. The lowest BCUT2D eigenvalue weighted by molar-refractivity contribution is -0.140. The Bertz CT molecular complexity index is 639. The zero-order valence-electron chi connectivity index (χ0n) is 9.50. The third-order valence-electron chi connectivity index (χ3n) is 2.63. The fourth-order valence-corrected chi connectivity index (χ4v) is 1.83. The lowest BCUT2D eigenvalue weighted by atomic mass is 9.95. The first-order valence-corrected chi connectivity index (χ1v) is 5.30. The maximum Gasteiger partial charge on any atom is 0.420 e. The fourth-order valence-electron chi connectivity index (χ4n) is 1.83. The normalized spacial score (nSPS) is 11.1. The average Bonchev–Trinajstić information content (AvgIpc) is 2.37. The maximum atomic E-state index is 13.4. The van der Waals surface area contributed by atoms with Gasteiger partial charge in [-0.15, -0.1) is 0 Å². The molecule has 0 aliphatic carbocycles. The van der Waals surface area contributed by atoms with Gasteiger partial charge in [0.05, 0.1) is 5.56 Å². The van der Waals surface area contributed by atoms with Crippen molar-refractivity contribution in [3.63, 3.8) is 0 Å². The molecule has 2 aromatic rings. The molecule has 0 aliphatic rings. The minimum absolute atomic E-state index is 0.0665. The average molecular weight is 265 g/mol. The monoisotopic (exact) mass is 265 g/mol. The van der Waals surface area contributed by atoms with Gasteiger partial charge in [-0.25, -0.2) is 4.39 Å². The van der Waals surface area contributed by atoms with Gasteiger partial charge in [-0.1, -0.05) is 36.4 Å². The second-order valence-corrected chi connectivity index (χ2v) is 3.82. The second-order valence-electron chi connectivity index (χ2n) is 3.82. The van der Waals surface area contributed by atoms with Crippen molar-refractivity contribution in [2.45, 2.75) is 6.18 Å². The molecule has 0 spiro atoms. The van der Waals surface area contributed by atoms with E-state index >= 15 is 0 Å². The van der Waals surface area contributed by atoms with Crippen LogP contribution in [0.4, 0.5) is 17.6 Å². The van der Waals surface area contributed by atoms with Gasteiger partial charge in [0.15, 0.2) is 0 Å². The van der Waals surface area contributed by atoms with Crippen LogP contribution in [0.15, 0.2) is 42.5 Å². The van der Waals surface area contributed by atoms with Crippen LogP contribution in [0.1, 0.15) is 11.1 Å². The van der Waals surface area contributed by atoms with Gasteiger partial charge >= 0.3 is 6.18 Å². The summed E-state index contributed by atoms with van der Waals surface area (Å²) >= 11 is 0. The van der Waals surface area contributed by atoms with E-state index < -0.39 is 23.1 Å². The predicted octanol–water partition coefficient (Wildman–Crippen LogP) is 4.38. The van der Waals surface area contributed by atoms with Gasteiger partial charge in [-0.2, -0.15) is 18.4 Å². The second kappa shape index (κ2) is 4.73. The summed E-state index contributed by atoms with van der Waals surface area (Å²) in [6.07, 6.45) is -4.90. The van der Waals surface area contributed by atoms with E-state index in [0.29, 0.717) is 5.56 Å². The number of nitrogens with zero attached hydrogens (tertiary/aromatic N) is 1. The molecule has 2 rings (SSSR count). The molecule has 0 amide bonds. The highest BCUT2D eigenvalue weighted by Gasteiger charge is 2.38. The highest BCUT2D eigenvalue weighted by Crippen LogP contribution is 2.38. The largest absolute Gasteiger partial charge is 0.420 e. The first kappa shape index (κ1) is 13.1. The Morgan fingerprint density at radius 1 is 0.947 bits per heavy atom. The van der Waals surface area contributed by atoms with Crippen LogP contribution in [-0.4, -0.2) is 0 Å². The van der Waals surface area contributed by atoms with E-state index in [0.717, 1.165) is 6.07 Å². The van der Waals surface area contributed by atoms with Crippen molar-refractivity contribution in [1.29, 1.82) is 5.26 Å². The molecular formula is C14H7F4N. The van der Waals surface area contributed by atoms with Crippen LogP contribution in [0.3, 0.4) is 0 Å². The molecule has 0 saturated carbocycles. The molecular weight excluding hydrogens is 258 g/mol. The first-order valence-electron chi connectivity index (χ1n) is 5.30. The van der Waals surface area contributed by atoms with E-state index in [9.17, 15) is 17.6 Å². The molecule has 0 saturated heterocycles. The van der Waals surface area contributed by atoms with Crippen LogP contribution in [0.5, 0.6) is 0 Å². The number of rotatable bonds is 1. The van der Waals surface area contributed by atoms with Crippen LogP contribution in [0, 0.1) is 17.1 Å². The number of alkyl halides is 3. The number of benzene rings is 2. The van der Waals surface area contributed by atoms with E-state index in [1.54, 1.807) is 30.3 Å². The molecule has 0 N–H and O–H groups in total. The number of nitriles is 1. The highest BCUT2D eigenvalue weighted by molar-refractivity contribution is 5.72. The molecule has 5 heteroatoms. The van der Waals surface area contributed by atoms with E-state index in [-0.39, 0.29) is 5.56 Å². The van der Waals surface area contributed by atoms with Gasteiger partial charge < -0.3 is 0 Å². The number of hydrogen-bond donors (Lipinski definition) is 0. The molecule has 96 valence electrons. The summed E-state index contributed by atoms with van der Waals surface area (Å²) in [7, 11) is 0. The molecule has 2 aromatic carbocycles. The molecule has 0 aromatic heterocycles. The van der Waals surface area contributed by atoms with Crippen molar-refractivity contribution in [3.05, 3.63) is 59.4 Å². The zero-order valence-corrected chi connectivity index (χ0v) is 9.50. The Kier molecular flexibility index (Phi) is 3.26. The van der Waals surface area contributed by atoms with Crippen LogP contribution >= 0.6 is 0 Å². The van der Waals surface area contributed by atoms with Gasteiger partial charge in [0.1, 0.15) is 17.4 Å². The van der Waals surface area contributed by atoms with Crippen LogP contribution in [0.25, 0.3) is 11.1 Å². The van der Waals surface area contributed by atoms with Crippen molar-refractivity contribution < 1.29 is 17.6 Å². The minimum Gasteiger partial charge on any atom is -0.206 e. The Morgan fingerprint density at radius 2 is 1.58 bits per heavy atom. The first-order chi connectivity index (χ1) is 8.95. The molecule has 0 heterocycles. The van der Waals surface area contributed by atoms with Gasteiger partial charge in [-0.05, 0) is 11.6 Å². The van der Waals surface area contributed by atoms with Crippen molar-refractivity contribution >= 4 is 0 Å². The summed E-state index contributed by atoms with van der Waals surface area (Å²) in [6.45, 7) is 0. The Morgan fingerprint density at radius 3 is 2.11 bits per heavy atom. The molecule has 0 atom stereocenters. The smallest absolute Gasteiger partial charge is 0.206 e. The van der Waals surface area contributed by atoms with Gasteiger partial charge in [0.25, 0.3) is 0 Å². The minimum atomic E-state index is -4.90. The molecule has 1 nitrogen and oxygen atoms in total. The van der Waals surface area contributed by atoms with Crippen molar-refractivity contribution in [1.82, 2.24) is 0 Å². The summed E-state index contributed by atoms with van der Waals surface area (Å²) in [4.78, 5) is 0. The summed E-state index contributed by atoms with van der Waals surface area (Å²) in [5.74, 6) is -1.44. The van der Waals surface area contributed by atoms with E-state index in [2.05, 4.69) is 0 Å².